The highest BCUT2D eigenvalue weighted by Crippen LogP contribution is 2.63. The standard InChI is InChI=1S/C18H23ClFN/c19-16-9-13(20)3-6-15(16)18(12-21-14-4-5-14)10-17(11-18)7-1-2-8-17/h3,6,9,14,21H,1-2,4-5,7-8,10-12H2. The Kier molecular flexibility index (Phi) is 3.31. The Labute approximate surface area is 131 Å². The average Bonchev–Trinajstić information content (AvgIpc) is 3.12. The van der Waals surface area contributed by atoms with E-state index in [1.54, 1.807) is 6.07 Å². The summed E-state index contributed by atoms with van der Waals surface area (Å²) in [6.45, 7) is 1.00. The van der Waals surface area contributed by atoms with Crippen molar-refractivity contribution in [3.8, 4) is 0 Å². The van der Waals surface area contributed by atoms with E-state index in [4.69, 9.17) is 11.6 Å². The first-order chi connectivity index (χ1) is 10.1. The lowest BCUT2D eigenvalue weighted by atomic mass is 9.49. The Morgan fingerprint density at radius 1 is 1.19 bits per heavy atom. The minimum absolute atomic E-state index is 0.137. The second-order valence-electron chi connectivity index (χ2n) is 7.62. The molecule has 0 unspecified atom stereocenters. The molecular formula is C18H23ClFN. The normalized spacial score (nSPS) is 26.0. The van der Waals surface area contributed by atoms with Gasteiger partial charge in [0.05, 0.1) is 0 Å². The molecular weight excluding hydrogens is 285 g/mol. The van der Waals surface area contributed by atoms with E-state index in [2.05, 4.69) is 5.32 Å². The van der Waals surface area contributed by atoms with Crippen LogP contribution in [0.25, 0.3) is 0 Å². The zero-order valence-electron chi connectivity index (χ0n) is 12.4. The van der Waals surface area contributed by atoms with Crippen LogP contribution in [0.2, 0.25) is 5.02 Å². The summed E-state index contributed by atoms with van der Waals surface area (Å²) in [4.78, 5) is 0. The van der Waals surface area contributed by atoms with E-state index >= 15 is 0 Å². The second-order valence-corrected chi connectivity index (χ2v) is 8.03. The predicted octanol–water partition coefficient (Wildman–Crippen LogP) is 4.82. The van der Waals surface area contributed by atoms with Gasteiger partial charge in [-0.1, -0.05) is 30.5 Å². The maximum Gasteiger partial charge on any atom is 0.124 e. The number of hydrogen-bond donors (Lipinski definition) is 1. The molecule has 0 heterocycles. The molecule has 0 aromatic heterocycles. The van der Waals surface area contributed by atoms with E-state index in [0.717, 1.165) is 12.1 Å². The monoisotopic (exact) mass is 307 g/mol. The van der Waals surface area contributed by atoms with Gasteiger partial charge in [0.15, 0.2) is 0 Å². The maximum absolute atomic E-state index is 13.4. The van der Waals surface area contributed by atoms with Crippen LogP contribution in [0.3, 0.4) is 0 Å². The summed E-state index contributed by atoms with van der Waals surface area (Å²) in [6, 6.07) is 5.68. The molecule has 0 aliphatic heterocycles. The minimum atomic E-state index is -0.232. The summed E-state index contributed by atoms with van der Waals surface area (Å²) in [6.07, 6.45) is 10.6. The molecule has 1 nitrogen and oxygen atoms in total. The van der Waals surface area contributed by atoms with E-state index < -0.39 is 0 Å². The van der Waals surface area contributed by atoms with Gasteiger partial charge in [-0.05, 0) is 61.6 Å². The van der Waals surface area contributed by atoms with Crippen molar-refractivity contribution < 1.29 is 4.39 Å². The SMILES string of the molecule is Fc1ccc(C2(CNC3CC3)CC3(CCCC3)C2)c(Cl)c1. The first-order valence-electron chi connectivity index (χ1n) is 8.30. The van der Waals surface area contributed by atoms with Crippen molar-refractivity contribution in [2.45, 2.75) is 62.8 Å². The van der Waals surface area contributed by atoms with Crippen LogP contribution in [-0.4, -0.2) is 12.6 Å². The molecule has 21 heavy (non-hydrogen) atoms. The van der Waals surface area contributed by atoms with Crippen LogP contribution in [0.15, 0.2) is 18.2 Å². The largest absolute Gasteiger partial charge is 0.313 e. The molecule has 0 saturated heterocycles. The van der Waals surface area contributed by atoms with Crippen molar-refractivity contribution in [2.75, 3.05) is 6.54 Å². The van der Waals surface area contributed by atoms with Crippen molar-refractivity contribution >= 4 is 11.6 Å². The third-order valence-corrected chi connectivity index (χ3v) is 6.21. The molecule has 0 radical (unpaired) electrons. The Bertz CT molecular complexity index is 538. The van der Waals surface area contributed by atoms with E-state index in [9.17, 15) is 4.39 Å². The van der Waals surface area contributed by atoms with Crippen LogP contribution in [0.4, 0.5) is 4.39 Å². The molecule has 3 aliphatic rings. The summed E-state index contributed by atoms with van der Waals surface area (Å²) < 4.78 is 13.4. The van der Waals surface area contributed by atoms with Crippen LogP contribution in [0.1, 0.15) is 56.9 Å². The molecule has 1 aromatic rings. The highest BCUT2D eigenvalue weighted by Gasteiger charge is 2.56. The minimum Gasteiger partial charge on any atom is -0.313 e. The fourth-order valence-electron chi connectivity index (χ4n) is 4.82. The van der Waals surface area contributed by atoms with Crippen molar-refractivity contribution in [1.82, 2.24) is 5.32 Å². The molecule has 3 fully saturated rings. The first-order valence-corrected chi connectivity index (χ1v) is 8.68. The summed E-state index contributed by atoms with van der Waals surface area (Å²) >= 11 is 6.38. The first kappa shape index (κ1) is 14.0. The van der Waals surface area contributed by atoms with E-state index in [-0.39, 0.29) is 11.2 Å². The molecule has 0 atom stereocenters. The number of rotatable bonds is 4. The summed E-state index contributed by atoms with van der Waals surface area (Å²) in [7, 11) is 0. The molecule has 0 amide bonds. The fourth-order valence-corrected chi connectivity index (χ4v) is 5.19. The van der Waals surface area contributed by atoms with Gasteiger partial charge in [-0.25, -0.2) is 4.39 Å². The molecule has 3 heteroatoms. The van der Waals surface area contributed by atoms with Crippen LogP contribution >= 0.6 is 11.6 Å². The third-order valence-electron chi connectivity index (χ3n) is 5.90. The quantitative estimate of drug-likeness (QED) is 0.840. The number of nitrogens with one attached hydrogen (secondary N) is 1. The average molecular weight is 308 g/mol. The molecule has 1 spiro atoms. The second kappa shape index (κ2) is 4.96. The number of halogens is 2. The Morgan fingerprint density at radius 3 is 2.52 bits per heavy atom. The third kappa shape index (κ3) is 2.51. The van der Waals surface area contributed by atoms with Crippen molar-refractivity contribution in [3.63, 3.8) is 0 Å². The van der Waals surface area contributed by atoms with Gasteiger partial charge in [-0.15, -0.1) is 0 Å². The van der Waals surface area contributed by atoms with Gasteiger partial charge >= 0.3 is 0 Å². The highest BCUT2D eigenvalue weighted by atomic mass is 35.5. The zero-order valence-corrected chi connectivity index (χ0v) is 13.2. The Morgan fingerprint density at radius 2 is 1.90 bits per heavy atom. The van der Waals surface area contributed by atoms with Gasteiger partial charge < -0.3 is 5.32 Å². The molecule has 1 aromatic carbocycles. The summed E-state index contributed by atoms with van der Waals surface area (Å²) in [5.41, 5.74) is 1.86. The fraction of sp³-hybridized carbons (Fsp3) is 0.667. The molecule has 3 aliphatic carbocycles. The van der Waals surface area contributed by atoms with Crippen LogP contribution in [0.5, 0.6) is 0 Å². The number of benzene rings is 1. The van der Waals surface area contributed by atoms with E-state index in [1.165, 1.54) is 57.4 Å². The lowest BCUT2D eigenvalue weighted by Crippen LogP contribution is -2.54. The maximum atomic E-state index is 13.4. The van der Waals surface area contributed by atoms with Crippen LogP contribution in [-0.2, 0) is 5.41 Å². The van der Waals surface area contributed by atoms with Crippen molar-refractivity contribution in [3.05, 3.63) is 34.6 Å². The van der Waals surface area contributed by atoms with Crippen molar-refractivity contribution in [2.24, 2.45) is 5.41 Å². The van der Waals surface area contributed by atoms with Gasteiger partial charge in [0.1, 0.15) is 5.82 Å². The summed E-state index contributed by atoms with van der Waals surface area (Å²) in [5.74, 6) is -0.232. The smallest absolute Gasteiger partial charge is 0.124 e. The Hall–Kier alpha value is -0.600. The lowest BCUT2D eigenvalue weighted by Gasteiger charge is -2.56. The predicted molar refractivity (Wildman–Crippen MR) is 84.2 cm³/mol. The van der Waals surface area contributed by atoms with Gasteiger partial charge in [-0.2, -0.15) is 0 Å². The van der Waals surface area contributed by atoms with Gasteiger partial charge in [0.2, 0.25) is 0 Å². The topological polar surface area (TPSA) is 12.0 Å². The van der Waals surface area contributed by atoms with E-state index in [1.807, 2.05) is 6.07 Å². The zero-order chi connectivity index (χ0) is 14.5. The molecule has 4 rings (SSSR count). The van der Waals surface area contributed by atoms with Gasteiger partial charge in [0.25, 0.3) is 0 Å². The van der Waals surface area contributed by atoms with E-state index in [0.29, 0.717) is 16.5 Å². The van der Waals surface area contributed by atoms with Gasteiger partial charge in [0, 0.05) is 23.0 Å². The molecule has 114 valence electrons. The summed E-state index contributed by atoms with van der Waals surface area (Å²) in [5, 5.41) is 4.31. The van der Waals surface area contributed by atoms with Crippen LogP contribution < -0.4 is 5.32 Å². The lowest BCUT2D eigenvalue weighted by molar-refractivity contribution is 0.0267. The highest BCUT2D eigenvalue weighted by molar-refractivity contribution is 6.31. The van der Waals surface area contributed by atoms with Crippen LogP contribution in [0, 0.1) is 11.2 Å². The number of hydrogen-bond acceptors (Lipinski definition) is 1. The van der Waals surface area contributed by atoms with Crippen molar-refractivity contribution in [1.29, 1.82) is 0 Å². The molecule has 3 saturated carbocycles. The Balaban J connectivity index is 1.60. The van der Waals surface area contributed by atoms with Gasteiger partial charge in [-0.3, -0.25) is 0 Å². The molecule has 1 N–H and O–H groups in total. The molecule has 0 bridgehead atoms.